The van der Waals surface area contributed by atoms with Gasteiger partial charge in [-0.1, -0.05) is 30.3 Å². The minimum absolute atomic E-state index is 0. The van der Waals surface area contributed by atoms with E-state index >= 15 is 0 Å². The molecule has 1 fully saturated rings. The number of halogens is 1. The Hall–Kier alpha value is -2.04. The number of ether oxygens (including phenoxy) is 1. The second-order valence-electron chi connectivity index (χ2n) is 6.76. The predicted octanol–water partition coefficient (Wildman–Crippen LogP) is 4.34. The molecule has 0 aliphatic heterocycles. The monoisotopic (exact) mass is 374 g/mol. The van der Waals surface area contributed by atoms with Crippen LogP contribution in [0.2, 0.25) is 0 Å². The maximum atomic E-state index is 13.1. The number of benzene rings is 2. The molecule has 2 aromatic rings. The van der Waals surface area contributed by atoms with E-state index in [1.165, 1.54) is 12.8 Å². The zero-order valence-corrected chi connectivity index (χ0v) is 16.1. The van der Waals surface area contributed by atoms with E-state index in [0.717, 1.165) is 17.0 Å². The van der Waals surface area contributed by atoms with Crippen LogP contribution in [0.1, 0.15) is 37.8 Å². The van der Waals surface area contributed by atoms with Crippen LogP contribution in [0, 0.1) is 5.92 Å². The molecule has 140 valence electrons. The number of anilines is 1. The Morgan fingerprint density at radius 1 is 1.15 bits per heavy atom. The molecule has 5 heteroatoms. The van der Waals surface area contributed by atoms with Crippen LogP contribution in [0.15, 0.2) is 54.6 Å². The van der Waals surface area contributed by atoms with Gasteiger partial charge in [0.2, 0.25) is 5.91 Å². The van der Waals surface area contributed by atoms with Gasteiger partial charge in [-0.2, -0.15) is 0 Å². The smallest absolute Gasteiger partial charge is 0.229 e. The van der Waals surface area contributed by atoms with Crippen molar-refractivity contribution >= 4 is 24.0 Å². The minimum Gasteiger partial charge on any atom is -0.497 e. The van der Waals surface area contributed by atoms with Gasteiger partial charge in [0.05, 0.1) is 7.11 Å². The summed E-state index contributed by atoms with van der Waals surface area (Å²) >= 11 is 0. The Morgan fingerprint density at radius 2 is 1.77 bits per heavy atom. The number of carbonyl (C=O) groups is 1. The normalized spacial score (nSPS) is 15.5. The number of hydrogen-bond donors (Lipinski definition) is 1. The van der Waals surface area contributed by atoms with Crippen LogP contribution < -0.4 is 15.4 Å². The Morgan fingerprint density at radius 3 is 2.31 bits per heavy atom. The largest absolute Gasteiger partial charge is 0.497 e. The van der Waals surface area contributed by atoms with Crippen molar-refractivity contribution in [1.29, 1.82) is 0 Å². The lowest BCUT2D eigenvalue weighted by atomic mass is 10.0. The highest BCUT2D eigenvalue weighted by Gasteiger charge is 2.35. The molecule has 2 unspecified atom stereocenters. The van der Waals surface area contributed by atoms with E-state index in [4.69, 9.17) is 10.5 Å². The minimum atomic E-state index is -0.291. The van der Waals surface area contributed by atoms with Gasteiger partial charge in [-0.15, -0.1) is 12.4 Å². The van der Waals surface area contributed by atoms with Crippen LogP contribution in [0.4, 0.5) is 5.69 Å². The third-order valence-corrected chi connectivity index (χ3v) is 4.95. The van der Waals surface area contributed by atoms with E-state index in [0.29, 0.717) is 12.3 Å². The first-order valence-electron chi connectivity index (χ1n) is 8.86. The summed E-state index contributed by atoms with van der Waals surface area (Å²) in [5, 5.41) is 0. The molecular weight excluding hydrogens is 348 g/mol. The van der Waals surface area contributed by atoms with Crippen molar-refractivity contribution in [3.8, 4) is 5.75 Å². The second kappa shape index (κ2) is 9.06. The standard InChI is InChI=1S/C21H26N2O2.ClH/c1-15(16-8-9-16)23(18-10-12-19(25-2)13-11-18)21(24)14-20(22)17-6-4-3-5-7-17;/h3-7,10-13,15-16,20H,8-9,14,22H2,1-2H3;1H. The molecule has 0 saturated heterocycles. The van der Waals surface area contributed by atoms with Crippen LogP contribution in [-0.2, 0) is 4.79 Å². The summed E-state index contributed by atoms with van der Waals surface area (Å²) in [6.45, 7) is 2.13. The first-order chi connectivity index (χ1) is 12.1. The number of amides is 1. The van der Waals surface area contributed by atoms with Crippen molar-refractivity contribution in [3.05, 3.63) is 60.2 Å². The first-order valence-corrected chi connectivity index (χ1v) is 8.86. The summed E-state index contributed by atoms with van der Waals surface area (Å²) in [6.07, 6.45) is 2.67. The SMILES string of the molecule is COc1ccc(N(C(=O)CC(N)c2ccccc2)C(C)C2CC2)cc1.Cl. The van der Waals surface area contributed by atoms with Crippen molar-refractivity contribution in [3.63, 3.8) is 0 Å². The second-order valence-corrected chi connectivity index (χ2v) is 6.76. The van der Waals surface area contributed by atoms with E-state index < -0.39 is 0 Å². The summed E-state index contributed by atoms with van der Waals surface area (Å²) in [6, 6.07) is 17.4. The molecular formula is C21H27ClN2O2. The molecule has 0 heterocycles. The van der Waals surface area contributed by atoms with Crippen molar-refractivity contribution in [1.82, 2.24) is 0 Å². The van der Waals surface area contributed by atoms with Crippen LogP contribution >= 0.6 is 12.4 Å². The fourth-order valence-corrected chi connectivity index (χ4v) is 3.24. The fourth-order valence-electron chi connectivity index (χ4n) is 3.24. The topological polar surface area (TPSA) is 55.6 Å². The Bertz CT molecular complexity index is 702. The van der Waals surface area contributed by atoms with E-state index in [1.54, 1.807) is 7.11 Å². The zero-order chi connectivity index (χ0) is 17.8. The van der Waals surface area contributed by atoms with Gasteiger partial charge in [-0.05, 0) is 55.5 Å². The quantitative estimate of drug-likeness (QED) is 0.784. The zero-order valence-electron chi connectivity index (χ0n) is 15.3. The maximum Gasteiger partial charge on any atom is 0.229 e. The molecule has 0 aromatic heterocycles. The lowest BCUT2D eigenvalue weighted by molar-refractivity contribution is -0.119. The van der Waals surface area contributed by atoms with Crippen molar-refractivity contribution in [2.75, 3.05) is 12.0 Å². The molecule has 1 amide bonds. The lowest BCUT2D eigenvalue weighted by Gasteiger charge is -2.31. The number of nitrogens with two attached hydrogens (primary N) is 1. The molecule has 2 N–H and O–H groups in total. The molecule has 0 bridgehead atoms. The first kappa shape index (κ1) is 20.3. The highest BCUT2D eigenvalue weighted by molar-refractivity contribution is 5.94. The van der Waals surface area contributed by atoms with Gasteiger partial charge in [0, 0.05) is 24.2 Å². The summed E-state index contributed by atoms with van der Waals surface area (Å²) < 4.78 is 5.23. The van der Waals surface area contributed by atoms with Crippen molar-refractivity contribution in [2.45, 2.75) is 38.3 Å². The highest BCUT2D eigenvalue weighted by atomic mass is 35.5. The Labute approximate surface area is 161 Å². The predicted molar refractivity (Wildman–Crippen MR) is 108 cm³/mol. The number of carbonyl (C=O) groups excluding carboxylic acids is 1. The third kappa shape index (κ3) is 4.77. The third-order valence-electron chi connectivity index (χ3n) is 4.95. The molecule has 26 heavy (non-hydrogen) atoms. The van der Waals surface area contributed by atoms with Gasteiger partial charge in [-0.25, -0.2) is 0 Å². The Kier molecular flexibility index (Phi) is 7.06. The van der Waals surface area contributed by atoms with Crippen molar-refractivity contribution < 1.29 is 9.53 Å². The molecule has 1 aliphatic carbocycles. The maximum absolute atomic E-state index is 13.1. The molecule has 4 nitrogen and oxygen atoms in total. The molecule has 2 atom stereocenters. The molecule has 0 radical (unpaired) electrons. The highest BCUT2D eigenvalue weighted by Crippen LogP contribution is 2.37. The average Bonchev–Trinajstić information content (AvgIpc) is 3.48. The van der Waals surface area contributed by atoms with E-state index in [-0.39, 0.29) is 30.4 Å². The summed E-state index contributed by atoms with van der Waals surface area (Å²) in [7, 11) is 1.64. The number of rotatable bonds is 7. The van der Waals surface area contributed by atoms with Crippen LogP contribution in [0.5, 0.6) is 5.75 Å². The molecule has 2 aromatic carbocycles. The van der Waals surface area contributed by atoms with Crippen molar-refractivity contribution in [2.24, 2.45) is 11.7 Å². The van der Waals surface area contributed by atoms with Crippen LogP contribution in [-0.4, -0.2) is 19.1 Å². The van der Waals surface area contributed by atoms with E-state index in [2.05, 4.69) is 6.92 Å². The number of methoxy groups -OCH3 is 1. The summed E-state index contributed by atoms with van der Waals surface area (Å²) in [5.74, 6) is 1.44. The number of nitrogens with zero attached hydrogens (tertiary/aromatic N) is 1. The fraction of sp³-hybridized carbons (Fsp3) is 0.381. The van der Waals surface area contributed by atoms with Gasteiger partial charge >= 0.3 is 0 Å². The van der Waals surface area contributed by atoms with E-state index in [1.807, 2.05) is 59.5 Å². The van der Waals surface area contributed by atoms with Crippen LogP contribution in [0.25, 0.3) is 0 Å². The lowest BCUT2D eigenvalue weighted by Crippen LogP contribution is -2.41. The number of hydrogen-bond acceptors (Lipinski definition) is 3. The van der Waals surface area contributed by atoms with Gasteiger partial charge in [-0.3, -0.25) is 4.79 Å². The average molecular weight is 375 g/mol. The van der Waals surface area contributed by atoms with Crippen LogP contribution in [0.3, 0.4) is 0 Å². The van der Waals surface area contributed by atoms with E-state index in [9.17, 15) is 4.79 Å². The summed E-state index contributed by atoms with van der Waals surface area (Å²) in [5.41, 5.74) is 8.18. The molecule has 1 saturated carbocycles. The summed E-state index contributed by atoms with van der Waals surface area (Å²) in [4.78, 5) is 15.0. The Balaban J connectivity index is 0.00000243. The molecule has 3 rings (SSSR count). The molecule has 1 aliphatic rings. The van der Waals surface area contributed by atoms with Gasteiger partial charge in [0.25, 0.3) is 0 Å². The van der Waals surface area contributed by atoms with Gasteiger partial charge in [0.1, 0.15) is 5.75 Å². The molecule has 0 spiro atoms. The van der Waals surface area contributed by atoms with Gasteiger partial charge < -0.3 is 15.4 Å². The van der Waals surface area contributed by atoms with Gasteiger partial charge in [0.15, 0.2) is 0 Å².